The van der Waals surface area contributed by atoms with E-state index in [2.05, 4.69) is 24.2 Å². The largest absolute Gasteiger partial charge is 0.316 e. The molecule has 0 aromatic heterocycles. The molecule has 2 fully saturated rings. The molecular formula is C18H36N2. The van der Waals surface area contributed by atoms with Crippen molar-refractivity contribution < 1.29 is 0 Å². The third kappa shape index (κ3) is 4.73. The summed E-state index contributed by atoms with van der Waals surface area (Å²) in [4.78, 5) is 2.94. The average molecular weight is 280 g/mol. The van der Waals surface area contributed by atoms with Crippen LogP contribution in [0.4, 0.5) is 0 Å². The molecule has 2 saturated carbocycles. The molecule has 0 aliphatic heterocycles. The number of hydrogen-bond acceptors (Lipinski definition) is 2. The minimum atomic E-state index is 0.698. The standard InChI is InChI=1S/C18H36N2/c1-3-10-16(19-2)15-20(17-11-6-4-7-12-17)18-13-8-5-9-14-18/h16-19H,3-15H2,1-2H3. The summed E-state index contributed by atoms with van der Waals surface area (Å²) in [7, 11) is 2.15. The van der Waals surface area contributed by atoms with Gasteiger partial charge in [0.05, 0.1) is 0 Å². The summed E-state index contributed by atoms with van der Waals surface area (Å²) < 4.78 is 0. The highest BCUT2D eigenvalue weighted by Crippen LogP contribution is 2.30. The molecule has 118 valence electrons. The van der Waals surface area contributed by atoms with Crippen molar-refractivity contribution in [3.05, 3.63) is 0 Å². The first-order valence-corrected chi connectivity index (χ1v) is 9.28. The Labute approximate surface area is 126 Å². The van der Waals surface area contributed by atoms with E-state index in [-0.39, 0.29) is 0 Å². The molecule has 2 aliphatic rings. The first-order chi connectivity index (χ1) is 9.85. The minimum absolute atomic E-state index is 0.698. The molecule has 0 aromatic rings. The SMILES string of the molecule is CCCC(CN(C1CCCCC1)C1CCCCC1)NC. The molecular weight excluding hydrogens is 244 g/mol. The van der Waals surface area contributed by atoms with Crippen LogP contribution in [0, 0.1) is 0 Å². The highest BCUT2D eigenvalue weighted by molar-refractivity contribution is 4.86. The highest BCUT2D eigenvalue weighted by Gasteiger charge is 2.29. The van der Waals surface area contributed by atoms with Gasteiger partial charge in [-0.1, -0.05) is 51.9 Å². The Morgan fingerprint density at radius 1 is 0.900 bits per heavy atom. The van der Waals surface area contributed by atoms with Crippen LogP contribution < -0.4 is 5.32 Å². The predicted molar refractivity (Wildman–Crippen MR) is 88.2 cm³/mol. The highest BCUT2D eigenvalue weighted by atomic mass is 15.2. The van der Waals surface area contributed by atoms with Gasteiger partial charge in [-0.15, -0.1) is 0 Å². The van der Waals surface area contributed by atoms with Gasteiger partial charge in [0.2, 0.25) is 0 Å². The molecule has 0 amide bonds. The second-order valence-electron chi connectivity index (χ2n) is 7.05. The molecule has 0 radical (unpaired) electrons. The zero-order chi connectivity index (χ0) is 14.2. The molecule has 0 bridgehead atoms. The molecule has 2 nitrogen and oxygen atoms in total. The van der Waals surface area contributed by atoms with Gasteiger partial charge in [-0.25, -0.2) is 0 Å². The quantitative estimate of drug-likeness (QED) is 0.746. The zero-order valence-corrected chi connectivity index (χ0v) is 13.9. The van der Waals surface area contributed by atoms with Crippen LogP contribution in [0.3, 0.4) is 0 Å². The van der Waals surface area contributed by atoms with E-state index in [1.54, 1.807) is 0 Å². The van der Waals surface area contributed by atoms with Crippen LogP contribution in [0.25, 0.3) is 0 Å². The van der Waals surface area contributed by atoms with Gasteiger partial charge < -0.3 is 5.32 Å². The lowest BCUT2D eigenvalue weighted by Gasteiger charge is -2.43. The summed E-state index contributed by atoms with van der Waals surface area (Å²) in [5, 5.41) is 3.57. The Morgan fingerprint density at radius 2 is 1.40 bits per heavy atom. The van der Waals surface area contributed by atoms with Crippen LogP contribution in [-0.4, -0.2) is 36.6 Å². The smallest absolute Gasteiger partial charge is 0.0192 e. The van der Waals surface area contributed by atoms with Gasteiger partial charge in [0.25, 0.3) is 0 Å². The predicted octanol–water partition coefficient (Wildman–Crippen LogP) is 4.34. The lowest BCUT2D eigenvalue weighted by molar-refractivity contribution is 0.0699. The first-order valence-electron chi connectivity index (χ1n) is 9.28. The monoisotopic (exact) mass is 280 g/mol. The van der Waals surface area contributed by atoms with Crippen LogP contribution in [0.15, 0.2) is 0 Å². The Kier molecular flexibility index (Phi) is 7.37. The van der Waals surface area contributed by atoms with E-state index < -0.39 is 0 Å². The van der Waals surface area contributed by atoms with Crippen LogP contribution >= 0.6 is 0 Å². The third-order valence-corrected chi connectivity index (χ3v) is 5.56. The summed E-state index contributed by atoms with van der Waals surface area (Å²) in [5.74, 6) is 0. The van der Waals surface area contributed by atoms with Crippen LogP contribution in [0.1, 0.15) is 84.0 Å². The summed E-state index contributed by atoms with van der Waals surface area (Å²) in [5.41, 5.74) is 0. The van der Waals surface area contributed by atoms with E-state index in [1.807, 2.05) is 0 Å². The zero-order valence-electron chi connectivity index (χ0n) is 13.9. The number of hydrogen-bond donors (Lipinski definition) is 1. The van der Waals surface area contributed by atoms with Crippen molar-refractivity contribution >= 4 is 0 Å². The summed E-state index contributed by atoms with van der Waals surface area (Å²) >= 11 is 0. The van der Waals surface area contributed by atoms with Crippen molar-refractivity contribution in [3.8, 4) is 0 Å². The molecule has 2 rings (SSSR count). The van der Waals surface area contributed by atoms with Crippen molar-refractivity contribution in [2.75, 3.05) is 13.6 Å². The van der Waals surface area contributed by atoms with Gasteiger partial charge in [0.1, 0.15) is 0 Å². The van der Waals surface area contributed by atoms with Gasteiger partial charge in [-0.2, -0.15) is 0 Å². The van der Waals surface area contributed by atoms with Crippen LogP contribution in [0.2, 0.25) is 0 Å². The van der Waals surface area contributed by atoms with Crippen LogP contribution in [-0.2, 0) is 0 Å². The second-order valence-corrected chi connectivity index (χ2v) is 7.05. The maximum absolute atomic E-state index is 3.57. The van der Waals surface area contributed by atoms with E-state index in [1.165, 1.54) is 83.6 Å². The number of rotatable bonds is 7. The van der Waals surface area contributed by atoms with Gasteiger partial charge in [0, 0.05) is 24.7 Å². The fraction of sp³-hybridized carbons (Fsp3) is 1.00. The Balaban J connectivity index is 1.97. The lowest BCUT2D eigenvalue weighted by Crippen LogP contribution is -2.50. The Bertz CT molecular complexity index is 224. The molecule has 0 aromatic carbocycles. The third-order valence-electron chi connectivity index (χ3n) is 5.56. The normalized spacial score (nSPS) is 24.1. The minimum Gasteiger partial charge on any atom is -0.316 e. The van der Waals surface area contributed by atoms with Crippen molar-refractivity contribution in [2.24, 2.45) is 0 Å². The van der Waals surface area contributed by atoms with E-state index >= 15 is 0 Å². The molecule has 0 heterocycles. The fourth-order valence-corrected chi connectivity index (χ4v) is 4.35. The van der Waals surface area contributed by atoms with Crippen molar-refractivity contribution in [1.29, 1.82) is 0 Å². The van der Waals surface area contributed by atoms with Crippen LogP contribution in [0.5, 0.6) is 0 Å². The molecule has 0 spiro atoms. The average Bonchev–Trinajstić information content (AvgIpc) is 2.53. The van der Waals surface area contributed by atoms with E-state index in [4.69, 9.17) is 0 Å². The topological polar surface area (TPSA) is 15.3 Å². The first kappa shape index (κ1) is 16.3. The van der Waals surface area contributed by atoms with Gasteiger partial charge in [-0.3, -0.25) is 4.90 Å². The number of likely N-dealkylation sites (N-methyl/N-ethyl adjacent to an activating group) is 1. The number of nitrogens with zero attached hydrogens (tertiary/aromatic N) is 1. The summed E-state index contributed by atoms with van der Waals surface area (Å²) in [6.07, 6.45) is 17.3. The fourth-order valence-electron chi connectivity index (χ4n) is 4.35. The molecule has 2 aliphatic carbocycles. The van der Waals surface area contributed by atoms with Gasteiger partial charge in [-0.05, 0) is 39.2 Å². The van der Waals surface area contributed by atoms with Crippen molar-refractivity contribution in [1.82, 2.24) is 10.2 Å². The molecule has 2 heteroatoms. The van der Waals surface area contributed by atoms with Gasteiger partial charge in [0.15, 0.2) is 0 Å². The Hall–Kier alpha value is -0.0800. The van der Waals surface area contributed by atoms with E-state index in [9.17, 15) is 0 Å². The summed E-state index contributed by atoms with van der Waals surface area (Å²) in [6.45, 7) is 3.61. The maximum Gasteiger partial charge on any atom is 0.0192 e. The number of nitrogens with one attached hydrogen (secondary N) is 1. The molecule has 0 saturated heterocycles. The molecule has 20 heavy (non-hydrogen) atoms. The van der Waals surface area contributed by atoms with Crippen molar-refractivity contribution in [2.45, 2.75) is 102 Å². The maximum atomic E-state index is 3.57. The lowest BCUT2D eigenvalue weighted by atomic mass is 9.88. The second kappa shape index (κ2) is 9.04. The Morgan fingerprint density at radius 3 is 1.80 bits per heavy atom. The van der Waals surface area contributed by atoms with Gasteiger partial charge >= 0.3 is 0 Å². The molecule has 1 atom stereocenters. The van der Waals surface area contributed by atoms with Crippen molar-refractivity contribution in [3.63, 3.8) is 0 Å². The molecule has 1 N–H and O–H groups in total. The molecule has 1 unspecified atom stereocenters. The summed E-state index contributed by atoms with van der Waals surface area (Å²) in [6, 6.07) is 2.47. The van der Waals surface area contributed by atoms with E-state index in [0.717, 1.165) is 12.1 Å². The van der Waals surface area contributed by atoms with E-state index in [0.29, 0.717) is 6.04 Å².